The zero-order valence-corrected chi connectivity index (χ0v) is 14.6. The Morgan fingerprint density at radius 3 is 2.86 bits per heavy atom. The standard InChI is InChI=1S/C15H23Cl2NO2S/c1-21-8-4-2-3-7-18-10-13(19)11-20-15-9-12(16)5-6-14(15)17/h5-6,9,13,18-19H,2-4,7-8,10-11H2,1H3. The molecule has 0 saturated heterocycles. The molecule has 0 amide bonds. The second-order valence-electron chi connectivity index (χ2n) is 4.80. The lowest BCUT2D eigenvalue weighted by Gasteiger charge is -2.14. The van der Waals surface area contributed by atoms with Gasteiger partial charge in [-0.25, -0.2) is 0 Å². The van der Waals surface area contributed by atoms with Gasteiger partial charge in [0.2, 0.25) is 0 Å². The van der Waals surface area contributed by atoms with Gasteiger partial charge in [0.1, 0.15) is 18.5 Å². The van der Waals surface area contributed by atoms with E-state index in [4.69, 9.17) is 27.9 Å². The lowest BCUT2D eigenvalue weighted by Crippen LogP contribution is -2.32. The Balaban J connectivity index is 2.11. The molecule has 0 aromatic heterocycles. The van der Waals surface area contributed by atoms with Crippen LogP contribution in [0.3, 0.4) is 0 Å². The second-order valence-corrected chi connectivity index (χ2v) is 6.63. The highest BCUT2D eigenvalue weighted by atomic mass is 35.5. The number of aliphatic hydroxyl groups is 1. The van der Waals surface area contributed by atoms with Gasteiger partial charge in [0.05, 0.1) is 5.02 Å². The number of unbranched alkanes of at least 4 members (excludes halogenated alkanes) is 2. The minimum atomic E-state index is -0.564. The average Bonchev–Trinajstić information content (AvgIpc) is 2.47. The molecular weight excluding hydrogens is 329 g/mol. The lowest BCUT2D eigenvalue weighted by molar-refractivity contribution is 0.106. The van der Waals surface area contributed by atoms with Crippen LogP contribution in [0.4, 0.5) is 0 Å². The van der Waals surface area contributed by atoms with Crippen LogP contribution in [0.1, 0.15) is 19.3 Å². The van der Waals surface area contributed by atoms with Crippen LogP contribution >= 0.6 is 35.0 Å². The molecule has 1 aromatic carbocycles. The molecule has 21 heavy (non-hydrogen) atoms. The van der Waals surface area contributed by atoms with E-state index in [0.717, 1.165) is 13.0 Å². The van der Waals surface area contributed by atoms with Gasteiger partial charge in [0.25, 0.3) is 0 Å². The first kappa shape index (κ1) is 18.9. The van der Waals surface area contributed by atoms with Gasteiger partial charge in [0.15, 0.2) is 0 Å². The van der Waals surface area contributed by atoms with Crippen molar-refractivity contribution in [2.45, 2.75) is 25.4 Å². The maximum absolute atomic E-state index is 9.84. The normalized spacial score (nSPS) is 12.4. The zero-order chi connectivity index (χ0) is 15.5. The Morgan fingerprint density at radius 2 is 2.10 bits per heavy atom. The third-order valence-corrected chi connectivity index (χ3v) is 4.15. The van der Waals surface area contributed by atoms with E-state index in [1.807, 2.05) is 11.8 Å². The summed E-state index contributed by atoms with van der Waals surface area (Å²) in [5, 5.41) is 14.1. The molecule has 1 aromatic rings. The van der Waals surface area contributed by atoms with E-state index < -0.39 is 6.10 Å². The van der Waals surface area contributed by atoms with E-state index >= 15 is 0 Å². The van der Waals surface area contributed by atoms with Crippen LogP contribution in [-0.4, -0.2) is 42.9 Å². The predicted molar refractivity (Wildman–Crippen MR) is 93.1 cm³/mol. The molecule has 1 rings (SSSR count). The van der Waals surface area contributed by atoms with Crippen molar-refractivity contribution < 1.29 is 9.84 Å². The molecule has 1 atom stereocenters. The van der Waals surface area contributed by atoms with Gasteiger partial charge in [-0.15, -0.1) is 0 Å². The minimum absolute atomic E-state index is 0.194. The summed E-state index contributed by atoms with van der Waals surface area (Å²) in [5.41, 5.74) is 0. The molecule has 1 unspecified atom stereocenters. The van der Waals surface area contributed by atoms with Crippen molar-refractivity contribution in [2.24, 2.45) is 0 Å². The summed E-state index contributed by atoms with van der Waals surface area (Å²) in [5.74, 6) is 1.72. The van der Waals surface area contributed by atoms with E-state index in [2.05, 4.69) is 11.6 Å². The first-order chi connectivity index (χ1) is 10.1. The van der Waals surface area contributed by atoms with Gasteiger partial charge in [-0.3, -0.25) is 0 Å². The number of benzene rings is 1. The van der Waals surface area contributed by atoms with Crippen LogP contribution in [0.2, 0.25) is 10.0 Å². The minimum Gasteiger partial charge on any atom is -0.489 e. The highest BCUT2D eigenvalue weighted by Crippen LogP contribution is 2.27. The molecular formula is C15H23Cl2NO2S. The summed E-state index contributed by atoms with van der Waals surface area (Å²) in [6, 6.07) is 5.03. The van der Waals surface area contributed by atoms with Crippen molar-refractivity contribution in [3.63, 3.8) is 0 Å². The Bertz CT molecular complexity index is 407. The summed E-state index contributed by atoms with van der Waals surface area (Å²) >= 11 is 13.7. The quantitative estimate of drug-likeness (QED) is 0.594. The molecule has 0 radical (unpaired) electrons. The molecule has 0 saturated carbocycles. The summed E-state index contributed by atoms with van der Waals surface area (Å²) in [6.07, 6.45) is 5.17. The Kier molecular flexibility index (Phi) is 10.3. The van der Waals surface area contributed by atoms with Crippen LogP contribution < -0.4 is 10.1 Å². The fourth-order valence-corrected chi connectivity index (χ4v) is 2.60. The Labute approximate surface area is 141 Å². The fourth-order valence-electron chi connectivity index (χ4n) is 1.77. The van der Waals surface area contributed by atoms with E-state index in [0.29, 0.717) is 22.3 Å². The fraction of sp³-hybridized carbons (Fsp3) is 0.600. The molecule has 0 fully saturated rings. The molecule has 120 valence electrons. The molecule has 0 aliphatic heterocycles. The number of thioether (sulfide) groups is 1. The van der Waals surface area contributed by atoms with Gasteiger partial charge in [0, 0.05) is 17.6 Å². The number of aliphatic hydroxyl groups excluding tert-OH is 1. The predicted octanol–water partition coefficient (Wildman–Crippen LogP) is 3.86. The second kappa shape index (κ2) is 11.4. The number of halogens is 2. The van der Waals surface area contributed by atoms with E-state index in [-0.39, 0.29) is 6.61 Å². The summed E-state index contributed by atoms with van der Waals surface area (Å²) < 4.78 is 5.48. The number of nitrogens with one attached hydrogen (secondary N) is 1. The summed E-state index contributed by atoms with van der Waals surface area (Å²) in [6.45, 7) is 1.63. The van der Waals surface area contributed by atoms with Crippen molar-refractivity contribution in [1.82, 2.24) is 5.32 Å². The SMILES string of the molecule is CSCCCCCNCC(O)COc1cc(Cl)ccc1Cl. The van der Waals surface area contributed by atoms with Gasteiger partial charge < -0.3 is 15.2 Å². The molecule has 6 heteroatoms. The highest BCUT2D eigenvalue weighted by Gasteiger charge is 2.07. The molecule has 0 aliphatic carbocycles. The molecule has 0 bridgehead atoms. The number of ether oxygens (including phenoxy) is 1. The topological polar surface area (TPSA) is 41.5 Å². The number of hydrogen-bond donors (Lipinski definition) is 2. The molecule has 2 N–H and O–H groups in total. The molecule has 0 heterocycles. The number of hydrogen-bond acceptors (Lipinski definition) is 4. The van der Waals surface area contributed by atoms with E-state index in [1.165, 1.54) is 18.6 Å². The van der Waals surface area contributed by atoms with Gasteiger partial charge in [-0.05, 0) is 43.5 Å². The average molecular weight is 352 g/mol. The van der Waals surface area contributed by atoms with Gasteiger partial charge >= 0.3 is 0 Å². The first-order valence-electron chi connectivity index (χ1n) is 7.09. The maximum Gasteiger partial charge on any atom is 0.139 e. The van der Waals surface area contributed by atoms with Crippen molar-refractivity contribution >= 4 is 35.0 Å². The third-order valence-electron chi connectivity index (χ3n) is 2.91. The first-order valence-corrected chi connectivity index (χ1v) is 9.24. The van der Waals surface area contributed by atoms with Crippen LogP contribution in [0.15, 0.2) is 18.2 Å². The maximum atomic E-state index is 9.84. The van der Waals surface area contributed by atoms with Gasteiger partial charge in [-0.2, -0.15) is 11.8 Å². The van der Waals surface area contributed by atoms with Gasteiger partial charge in [-0.1, -0.05) is 29.6 Å². The molecule has 0 aliphatic rings. The Hall–Kier alpha value is -0.130. The largest absolute Gasteiger partial charge is 0.489 e. The number of rotatable bonds is 11. The van der Waals surface area contributed by atoms with Crippen molar-refractivity contribution in [2.75, 3.05) is 31.7 Å². The molecule has 3 nitrogen and oxygen atoms in total. The lowest BCUT2D eigenvalue weighted by atomic mass is 10.2. The smallest absolute Gasteiger partial charge is 0.139 e. The van der Waals surface area contributed by atoms with Crippen molar-refractivity contribution in [3.8, 4) is 5.75 Å². The van der Waals surface area contributed by atoms with Crippen LogP contribution in [0.25, 0.3) is 0 Å². The summed E-state index contributed by atoms with van der Waals surface area (Å²) in [4.78, 5) is 0. The van der Waals surface area contributed by atoms with Crippen LogP contribution in [0, 0.1) is 0 Å². The van der Waals surface area contributed by atoms with Crippen LogP contribution in [0.5, 0.6) is 5.75 Å². The van der Waals surface area contributed by atoms with Crippen LogP contribution in [-0.2, 0) is 0 Å². The van der Waals surface area contributed by atoms with E-state index in [9.17, 15) is 5.11 Å². The van der Waals surface area contributed by atoms with E-state index in [1.54, 1.807) is 18.2 Å². The zero-order valence-electron chi connectivity index (χ0n) is 12.3. The van der Waals surface area contributed by atoms with Crippen molar-refractivity contribution in [1.29, 1.82) is 0 Å². The van der Waals surface area contributed by atoms with Crippen molar-refractivity contribution in [3.05, 3.63) is 28.2 Å². The highest BCUT2D eigenvalue weighted by molar-refractivity contribution is 7.98. The third kappa shape index (κ3) is 8.79. The monoisotopic (exact) mass is 351 g/mol. The Morgan fingerprint density at radius 1 is 1.29 bits per heavy atom. The molecule has 0 spiro atoms. The summed E-state index contributed by atoms with van der Waals surface area (Å²) in [7, 11) is 0.